The van der Waals surface area contributed by atoms with Gasteiger partial charge in [0.15, 0.2) is 21.2 Å². The van der Waals surface area contributed by atoms with Crippen LogP contribution in [0.5, 0.6) is 17.2 Å². The molecule has 0 unspecified atom stereocenters. The van der Waals surface area contributed by atoms with Gasteiger partial charge < -0.3 is 14.6 Å². The molecule has 2 aliphatic heterocycles. The molecule has 1 N–H and O–H groups in total. The summed E-state index contributed by atoms with van der Waals surface area (Å²) < 4.78 is 25.6. The zero-order valence-corrected chi connectivity index (χ0v) is 28.5. The lowest BCUT2D eigenvalue weighted by molar-refractivity contribution is -0.125. The fraction of sp³-hybridized carbons (Fsp3) is 0.294. The molecule has 9 nitrogen and oxygen atoms in total. The van der Waals surface area contributed by atoms with Crippen LogP contribution in [0.4, 0.5) is 15.8 Å². The highest BCUT2D eigenvalue weighted by Gasteiger charge is 2.76. The number of ether oxygens (including phenoxy) is 2. The standard InChI is InChI=1S/C34H26Cl2FIN2O7/c1-46-24-13-16(14-25(47-2)28(24)41)27-21-11-12-22-26(30(43)39(29(22)42)19-9-5-18(38)6-10-19)23(21)15-33(35)31(44)40(32(45)34(27,33)36)20-7-3-17(37)4-8-20/h3-11,13-14,22-23,26-27,41H,12,15H2,1-2H3/t22-,23+,26-,27-,33+,34-/m0/s1. The first kappa shape index (κ1) is 31.9. The maximum absolute atomic E-state index is 14.5. The van der Waals surface area contributed by atoms with Crippen LogP contribution >= 0.6 is 45.8 Å². The first-order valence-corrected chi connectivity index (χ1v) is 16.5. The Bertz CT molecular complexity index is 1880. The van der Waals surface area contributed by atoms with E-state index in [1.165, 1.54) is 43.4 Å². The molecule has 0 aromatic heterocycles. The number of aromatic hydroxyl groups is 1. The number of phenolic OH excluding ortho intramolecular Hbond substituents is 1. The number of anilines is 2. The van der Waals surface area contributed by atoms with Gasteiger partial charge >= 0.3 is 0 Å². The normalized spacial score (nSPS) is 29.8. The third-order valence-corrected chi connectivity index (χ3v) is 11.9. The van der Waals surface area contributed by atoms with Crippen LogP contribution < -0.4 is 19.3 Å². The fourth-order valence-corrected chi connectivity index (χ4v) is 8.99. The number of allylic oxidation sites excluding steroid dienone is 2. The van der Waals surface area contributed by atoms with Gasteiger partial charge in [-0.1, -0.05) is 11.6 Å². The van der Waals surface area contributed by atoms with E-state index < -0.39 is 57.0 Å². The van der Waals surface area contributed by atoms with Crippen molar-refractivity contribution in [2.45, 2.75) is 28.5 Å². The van der Waals surface area contributed by atoms with Crippen LogP contribution in [-0.4, -0.2) is 52.7 Å². The molecule has 2 saturated heterocycles. The Morgan fingerprint density at radius 3 is 2.02 bits per heavy atom. The average Bonchev–Trinajstić information content (AvgIpc) is 3.40. The molecule has 6 atom stereocenters. The van der Waals surface area contributed by atoms with Gasteiger partial charge in [0.2, 0.25) is 17.6 Å². The van der Waals surface area contributed by atoms with Crippen LogP contribution in [-0.2, 0) is 19.2 Å². The summed E-state index contributed by atoms with van der Waals surface area (Å²) in [4.78, 5) is 54.8. The molecule has 4 aliphatic rings. The van der Waals surface area contributed by atoms with Gasteiger partial charge in [-0.25, -0.2) is 9.29 Å². The maximum atomic E-state index is 14.5. The SMILES string of the molecule is COc1cc([C@H]2C3=CC[C@@H]4C(=O)N(c5ccc(I)cc5)C(=O)[C@@H]4[C@@H]3C[C@@]3(Cl)C(=O)N(c4ccc(F)cc4)C(=O)[C@@]23Cl)cc(OC)c1O. The molecular weight excluding hydrogens is 765 g/mol. The van der Waals surface area contributed by atoms with E-state index >= 15 is 0 Å². The number of carbonyl (C=O) groups excluding carboxylic acids is 4. The number of amides is 4. The van der Waals surface area contributed by atoms with E-state index in [0.29, 0.717) is 16.8 Å². The molecule has 242 valence electrons. The summed E-state index contributed by atoms with van der Waals surface area (Å²) in [5.41, 5.74) is 1.39. The Balaban J connectivity index is 1.43. The molecule has 1 saturated carbocycles. The Morgan fingerprint density at radius 2 is 1.43 bits per heavy atom. The summed E-state index contributed by atoms with van der Waals surface area (Å²) in [5, 5.41) is 10.7. The monoisotopic (exact) mass is 790 g/mol. The number of carbonyl (C=O) groups is 4. The third-order valence-electron chi connectivity index (χ3n) is 9.82. The van der Waals surface area contributed by atoms with Crippen molar-refractivity contribution in [3.05, 3.63) is 87.3 Å². The minimum Gasteiger partial charge on any atom is -0.502 e. The van der Waals surface area contributed by atoms with Gasteiger partial charge in [0.1, 0.15) is 5.82 Å². The van der Waals surface area contributed by atoms with Crippen molar-refractivity contribution in [1.82, 2.24) is 0 Å². The van der Waals surface area contributed by atoms with Gasteiger partial charge in [0.25, 0.3) is 11.8 Å². The lowest BCUT2D eigenvalue weighted by Gasteiger charge is -2.50. The smallest absolute Gasteiger partial charge is 0.258 e. The van der Waals surface area contributed by atoms with Crippen LogP contribution in [0.1, 0.15) is 24.3 Å². The van der Waals surface area contributed by atoms with Crippen molar-refractivity contribution in [3.8, 4) is 17.2 Å². The fourth-order valence-electron chi connectivity index (χ4n) is 7.70. The largest absolute Gasteiger partial charge is 0.502 e. The number of fused-ring (bicyclic) bond motifs is 4. The van der Waals surface area contributed by atoms with Crippen LogP contribution in [0.25, 0.3) is 0 Å². The number of methoxy groups -OCH3 is 2. The molecule has 0 radical (unpaired) electrons. The average molecular weight is 791 g/mol. The van der Waals surface area contributed by atoms with Gasteiger partial charge in [0.05, 0.1) is 37.4 Å². The first-order chi connectivity index (χ1) is 22.4. The van der Waals surface area contributed by atoms with Crippen molar-refractivity contribution in [2.24, 2.45) is 17.8 Å². The van der Waals surface area contributed by atoms with Gasteiger partial charge in [-0.15, -0.1) is 23.2 Å². The van der Waals surface area contributed by atoms with E-state index in [2.05, 4.69) is 22.6 Å². The number of hydrogen-bond acceptors (Lipinski definition) is 7. The number of benzene rings is 3. The lowest BCUT2D eigenvalue weighted by atomic mass is 9.56. The highest BCUT2D eigenvalue weighted by molar-refractivity contribution is 14.1. The summed E-state index contributed by atoms with van der Waals surface area (Å²) in [5.74, 6) is -6.85. The molecule has 2 heterocycles. The molecule has 2 aliphatic carbocycles. The number of phenols is 1. The van der Waals surface area contributed by atoms with Gasteiger partial charge in [-0.2, -0.15) is 0 Å². The van der Waals surface area contributed by atoms with Crippen molar-refractivity contribution >= 4 is 80.8 Å². The molecule has 13 heteroatoms. The second-order valence-corrected chi connectivity index (χ2v) is 14.5. The second kappa shape index (κ2) is 11.2. The van der Waals surface area contributed by atoms with E-state index in [-0.39, 0.29) is 41.7 Å². The van der Waals surface area contributed by atoms with Crippen LogP contribution in [0.3, 0.4) is 0 Å². The lowest BCUT2D eigenvalue weighted by Crippen LogP contribution is -2.60. The Labute approximate surface area is 292 Å². The summed E-state index contributed by atoms with van der Waals surface area (Å²) in [6.07, 6.45) is 1.76. The molecule has 3 fully saturated rings. The summed E-state index contributed by atoms with van der Waals surface area (Å²) in [6.45, 7) is 0. The van der Waals surface area contributed by atoms with Gasteiger partial charge in [-0.3, -0.25) is 24.1 Å². The number of nitrogens with zero attached hydrogens (tertiary/aromatic N) is 2. The summed E-state index contributed by atoms with van der Waals surface area (Å²) >= 11 is 17.0. The van der Waals surface area contributed by atoms with Crippen LogP contribution in [0, 0.1) is 27.1 Å². The molecule has 47 heavy (non-hydrogen) atoms. The van der Waals surface area contributed by atoms with Crippen molar-refractivity contribution in [2.75, 3.05) is 24.0 Å². The van der Waals surface area contributed by atoms with E-state index in [9.17, 15) is 28.7 Å². The molecule has 4 amide bonds. The van der Waals surface area contributed by atoms with E-state index in [0.717, 1.165) is 20.6 Å². The Hall–Kier alpha value is -3.68. The van der Waals surface area contributed by atoms with Crippen molar-refractivity contribution < 1.29 is 38.1 Å². The quantitative estimate of drug-likeness (QED) is 0.148. The molecule has 3 aromatic carbocycles. The maximum Gasteiger partial charge on any atom is 0.258 e. The van der Waals surface area contributed by atoms with Crippen LogP contribution in [0.2, 0.25) is 0 Å². The number of hydrogen-bond donors (Lipinski definition) is 1. The van der Waals surface area contributed by atoms with E-state index in [1.54, 1.807) is 24.3 Å². The summed E-state index contributed by atoms with van der Waals surface area (Å²) in [7, 11) is 2.69. The minimum absolute atomic E-state index is 0.0142. The number of rotatable bonds is 5. The molecule has 7 rings (SSSR count). The van der Waals surface area contributed by atoms with Gasteiger partial charge in [-0.05, 0) is 108 Å². The van der Waals surface area contributed by atoms with Crippen LogP contribution in [0.15, 0.2) is 72.3 Å². The predicted molar refractivity (Wildman–Crippen MR) is 179 cm³/mol. The molecule has 0 spiro atoms. The van der Waals surface area contributed by atoms with Crippen molar-refractivity contribution in [3.63, 3.8) is 0 Å². The van der Waals surface area contributed by atoms with Crippen molar-refractivity contribution in [1.29, 1.82) is 0 Å². The predicted octanol–water partition coefficient (Wildman–Crippen LogP) is 5.92. The zero-order valence-electron chi connectivity index (χ0n) is 24.9. The third kappa shape index (κ3) is 4.38. The minimum atomic E-state index is -2.15. The zero-order chi connectivity index (χ0) is 33.6. The second-order valence-electron chi connectivity index (χ2n) is 12.0. The molecule has 3 aromatic rings. The molecular formula is C34H26Cl2FIN2O7. The summed E-state index contributed by atoms with van der Waals surface area (Å²) in [6, 6.07) is 14.8. The topological polar surface area (TPSA) is 113 Å². The number of alkyl halides is 2. The highest BCUT2D eigenvalue weighted by atomic mass is 127. The van der Waals surface area contributed by atoms with E-state index in [4.69, 9.17) is 32.7 Å². The Morgan fingerprint density at radius 1 is 0.851 bits per heavy atom. The van der Waals surface area contributed by atoms with E-state index in [1.807, 2.05) is 6.08 Å². The first-order valence-electron chi connectivity index (χ1n) is 14.7. The highest BCUT2D eigenvalue weighted by Crippen LogP contribution is 2.66. The molecule has 0 bridgehead atoms. The van der Waals surface area contributed by atoms with Gasteiger partial charge in [0, 0.05) is 9.49 Å². The Kier molecular flexibility index (Phi) is 7.60. The number of imide groups is 2. The number of halogens is 4.